The molecule has 0 radical (unpaired) electrons. The fourth-order valence-electron chi connectivity index (χ4n) is 2.81. The molecule has 3 aromatic rings. The summed E-state index contributed by atoms with van der Waals surface area (Å²) in [5, 5.41) is 14.1. The van der Waals surface area contributed by atoms with Crippen LogP contribution in [0, 0.1) is 0 Å². The van der Waals surface area contributed by atoms with E-state index in [1.165, 1.54) is 0 Å². The third kappa shape index (κ3) is 4.91. The van der Waals surface area contributed by atoms with E-state index in [0.717, 1.165) is 17.7 Å². The Morgan fingerprint density at radius 1 is 1.07 bits per heavy atom. The van der Waals surface area contributed by atoms with Gasteiger partial charge in [-0.15, -0.1) is 0 Å². The number of aliphatic hydroxyl groups is 1. The largest absolute Gasteiger partial charge is 0.494 e. The lowest BCUT2D eigenvalue weighted by Gasteiger charge is -2.17. The first-order valence-electron chi connectivity index (χ1n) is 9.15. The van der Waals surface area contributed by atoms with Gasteiger partial charge in [0.25, 0.3) is 5.91 Å². The van der Waals surface area contributed by atoms with E-state index in [1.807, 2.05) is 37.3 Å². The van der Waals surface area contributed by atoms with Crippen LogP contribution < -0.4 is 10.1 Å². The van der Waals surface area contributed by atoms with E-state index in [2.05, 4.69) is 5.32 Å². The van der Waals surface area contributed by atoms with E-state index in [4.69, 9.17) is 16.3 Å². The molecule has 3 rings (SSSR count). The number of ether oxygens (including phenoxy) is 1. The van der Waals surface area contributed by atoms with Gasteiger partial charge in [-0.2, -0.15) is 0 Å². The highest BCUT2D eigenvalue weighted by atomic mass is 35.5. The molecule has 4 nitrogen and oxygen atoms in total. The lowest BCUT2D eigenvalue weighted by molar-refractivity contribution is 0.102. The predicted molar refractivity (Wildman–Crippen MR) is 112 cm³/mol. The van der Waals surface area contributed by atoms with Gasteiger partial charge in [0.15, 0.2) is 0 Å². The minimum atomic E-state index is -0.903. The first-order chi connectivity index (χ1) is 13.6. The molecule has 0 saturated heterocycles. The van der Waals surface area contributed by atoms with Crippen molar-refractivity contribution in [2.45, 2.75) is 19.4 Å². The molecule has 28 heavy (non-hydrogen) atoms. The molecule has 5 heteroatoms. The van der Waals surface area contributed by atoms with Gasteiger partial charge in [-0.05, 0) is 54.4 Å². The zero-order valence-electron chi connectivity index (χ0n) is 15.6. The van der Waals surface area contributed by atoms with Crippen LogP contribution in [-0.2, 0) is 0 Å². The van der Waals surface area contributed by atoms with Gasteiger partial charge in [0.05, 0.1) is 6.61 Å². The molecule has 1 amide bonds. The van der Waals surface area contributed by atoms with Crippen LogP contribution in [0.25, 0.3) is 0 Å². The fourth-order valence-corrected chi connectivity index (χ4v) is 2.99. The predicted octanol–water partition coefficient (Wildman–Crippen LogP) is 5.46. The number of halogens is 1. The first kappa shape index (κ1) is 19.9. The molecule has 144 valence electrons. The average Bonchev–Trinajstić information content (AvgIpc) is 2.74. The molecule has 0 aromatic heterocycles. The second kappa shape index (κ2) is 9.40. The minimum Gasteiger partial charge on any atom is -0.494 e. The van der Waals surface area contributed by atoms with Crippen molar-refractivity contribution in [1.29, 1.82) is 0 Å². The summed E-state index contributed by atoms with van der Waals surface area (Å²) in [6.45, 7) is 2.67. The summed E-state index contributed by atoms with van der Waals surface area (Å²) in [7, 11) is 0. The van der Waals surface area contributed by atoms with Crippen molar-refractivity contribution < 1.29 is 14.6 Å². The maximum Gasteiger partial charge on any atom is 0.255 e. The normalized spacial score (nSPS) is 11.7. The SMILES string of the molecule is CCCOc1ccc(C(=O)Nc2ccc(Cl)cc2[C@@H](O)c2ccccc2)cc1. The van der Waals surface area contributed by atoms with E-state index in [-0.39, 0.29) is 5.91 Å². The Labute approximate surface area is 169 Å². The second-order valence-corrected chi connectivity index (χ2v) is 6.81. The number of carbonyl (C=O) groups is 1. The Kier molecular flexibility index (Phi) is 6.69. The van der Waals surface area contributed by atoms with Crippen molar-refractivity contribution in [3.05, 3.63) is 94.5 Å². The number of nitrogens with one attached hydrogen (secondary N) is 1. The average molecular weight is 396 g/mol. The number of rotatable bonds is 7. The van der Waals surface area contributed by atoms with Gasteiger partial charge in [0.1, 0.15) is 11.9 Å². The topological polar surface area (TPSA) is 58.6 Å². The van der Waals surface area contributed by atoms with Gasteiger partial charge in [-0.25, -0.2) is 0 Å². The fraction of sp³-hybridized carbons (Fsp3) is 0.174. The van der Waals surface area contributed by atoms with Gasteiger partial charge in [0, 0.05) is 21.8 Å². The standard InChI is InChI=1S/C23H22ClNO3/c1-2-14-28-19-11-8-17(9-12-19)23(27)25-21-13-10-18(24)15-20(21)22(26)16-6-4-3-5-7-16/h3-13,15,22,26H,2,14H2,1H3,(H,25,27)/t22-/m0/s1. The molecule has 0 aliphatic heterocycles. The molecule has 2 N–H and O–H groups in total. The minimum absolute atomic E-state index is 0.272. The van der Waals surface area contributed by atoms with Crippen molar-refractivity contribution in [3.63, 3.8) is 0 Å². The van der Waals surface area contributed by atoms with Crippen molar-refractivity contribution in [1.82, 2.24) is 0 Å². The number of anilines is 1. The highest BCUT2D eigenvalue weighted by molar-refractivity contribution is 6.30. The molecule has 0 saturated carbocycles. The summed E-state index contributed by atoms with van der Waals surface area (Å²) in [4.78, 5) is 12.7. The first-order valence-corrected chi connectivity index (χ1v) is 9.53. The van der Waals surface area contributed by atoms with Crippen LogP contribution in [0.5, 0.6) is 5.75 Å². The van der Waals surface area contributed by atoms with Crippen molar-refractivity contribution >= 4 is 23.2 Å². The van der Waals surface area contributed by atoms with Crippen molar-refractivity contribution in [2.24, 2.45) is 0 Å². The maximum atomic E-state index is 12.7. The zero-order chi connectivity index (χ0) is 19.9. The Bertz CT molecular complexity index is 926. The molecule has 0 aliphatic rings. The Balaban J connectivity index is 1.81. The highest BCUT2D eigenvalue weighted by Crippen LogP contribution is 2.31. The molecule has 0 bridgehead atoms. The smallest absolute Gasteiger partial charge is 0.255 e. The van der Waals surface area contributed by atoms with E-state index in [0.29, 0.717) is 28.4 Å². The van der Waals surface area contributed by atoms with Crippen molar-refractivity contribution in [2.75, 3.05) is 11.9 Å². The molecule has 0 unspecified atom stereocenters. The molecular weight excluding hydrogens is 374 g/mol. The summed E-state index contributed by atoms with van der Waals surface area (Å²) in [5.74, 6) is 0.455. The number of amides is 1. The van der Waals surface area contributed by atoms with Crippen LogP contribution in [0.15, 0.2) is 72.8 Å². The molecule has 1 atom stereocenters. The Morgan fingerprint density at radius 2 is 1.79 bits per heavy atom. The molecule has 0 spiro atoms. The van der Waals surface area contributed by atoms with Crippen molar-refractivity contribution in [3.8, 4) is 5.75 Å². The van der Waals surface area contributed by atoms with E-state index in [9.17, 15) is 9.90 Å². The maximum absolute atomic E-state index is 12.7. The molecule has 0 fully saturated rings. The summed E-state index contributed by atoms with van der Waals surface area (Å²) in [6, 6.07) is 21.2. The molecular formula is C23H22ClNO3. The summed E-state index contributed by atoms with van der Waals surface area (Å²) in [5.41, 5.74) is 2.27. The second-order valence-electron chi connectivity index (χ2n) is 6.37. The summed E-state index contributed by atoms with van der Waals surface area (Å²) >= 11 is 6.12. The van der Waals surface area contributed by atoms with Gasteiger partial charge in [-0.1, -0.05) is 48.9 Å². The molecule has 3 aromatic carbocycles. The van der Waals surface area contributed by atoms with E-state index in [1.54, 1.807) is 42.5 Å². The molecule has 0 heterocycles. The zero-order valence-corrected chi connectivity index (χ0v) is 16.3. The molecule has 0 aliphatic carbocycles. The van der Waals surface area contributed by atoms with Gasteiger partial charge >= 0.3 is 0 Å². The van der Waals surface area contributed by atoms with Crippen LogP contribution in [0.2, 0.25) is 5.02 Å². The Hall–Kier alpha value is -2.82. The van der Waals surface area contributed by atoms with Crippen LogP contribution >= 0.6 is 11.6 Å². The lowest BCUT2D eigenvalue weighted by atomic mass is 9.99. The van der Waals surface area contributed by atoms with Gasteiger partial charge in [-0.3, -0.25) is 4.79 Å². The van der Waals surface area contributed by atoms with Crippen LogP contribution in [-0.4, -0.2) is 17.6 Å². The summed E-state index contributed by atoms with van der Waals surface area (Å²) < 4.78 is 5.54. The van der Waals surface area contributed by atoms with Crippen LogP contribution in [0.1, 0.15) is 40.9 Å². The monoisotopic (exact) mass is 395 g/mol. The van der Waals surface area contributed by atoms with Crippen LogP contribution in [0.4, 0.5) is 5.69 Å². The van der Waals surface area contributed by atoms with E-state index < -0.39 is 6.10 Å². The van der Waals surface area contributed by atoms with E-state index >= 15 is 0 Å². The number of carbonyl (C=O) groups excluding carboxylic acids is 1. The quantitative estimate of drug-likeness (QED) is 0.558. The third-order valence-electron chi connectivity index (χ3n) is 4.26. The Morgan fingerprint density at radius 3 is 2.46 bits per heavy atom. The summed E-state index contributed by atoms with van der Waals surface area (Å²) in [6.07, 6.45) is 0.0192. The number of hydrogen-bond donors (Lipinski definition) is 2. The van der Waals surface area contributed by atoms with Crippen LogP contribution in [0.3, 0.4) is 0 Å². The number of hydrogen-bond acceptors (Lipinski definition) is 3. The highest BCUT2D eigenvalue weighted by Gasteiger charge is 2.17. The number of benzene rings is 3. The lowest BCUT2D eigenvalue weighted by Crippen LogP contribution is -2.14. The van der Waals surface area contributed by atoms with Gasteiger partial charge < -0.3 is 15.2 Å². The number of aliphatic hydroxyl groups excluding tert-OH is 1. The van der Waals surface area contributed by atoms with Gasteiger partial charge in [0.2, 0.25) is 0 Å². The third-order valence-corrected chi connectivity index (χ3v) is 4.50.